The number of likely N-dealkylation sites (N-methyl/N-ethyl adjacent to an activating group) is 1. The lowest BCUT2D eigenvalue weighted by atomic mass is 9.99. The fraction of sp³-hybridized carbons (Fsp3) is 0.212. The number of hydrogen-bond acceptors (Lipinski definition) is 4. The van der Waals surface area contributed by atoms with Crippen molar-refractivity contribution in [3.63, 3.8) is 0 Å². The smallest absolute Gasteiger partial charge is 0.256 e. The first-order chi connectivity index (χ1) is 19.1. The standard InChI is InChI=1S/C33H34N4O2/c1-2-34-33(39)31(26-13-7-4-8-14-26)37-23-21-36(22-24-37)28-19-17-27(18-20-28)35-32(38)30-16-10-9-15-29(30)25-11-5-3-6-12-25/h3-20,31H,2,21-24H2,1H3,(H,34,39)(H,35,38). The Morgan fingerprint density at radius 1 is 0.744 bits per heavy atom. The van der Waals surface area contributed by atoms with E-state index in [0.29, 0.717) is 12.1 Å². The summed E-state index contributed by atoms with van der Waals surface area (Å²) >= 11 is 0. The molecule has 4 aromatic rings. The molecule has 1 fully saturated rings. The van der Waals surface area contributed by atoms with Crippen molar-refractivity contribution in [2.24, 2.45) is 0 Å². The van der Waals surface area contributed by atoms with Crippen LogP contribution in [0.3, 0.4) is 0 Å². The normalized spacial score (nSPS) is 14.4. The number of benzene rings is 4. The number of hydrogen-bond donors (Lipinski definition) is 2. The second kappa shape index (κ2) is 12.4. The molecule has 6 nitrogen and oxygen atoms in total. The number of anilines is 2. The Kier molecular flexibility index (Phi) is 8.34. The second-order valence-corrected chi connectivity index (χ2v) is 9.64. The zero-order valence-electron chi connectivity index (χ0n) is 22.2. The van der Waals surface area contributed by atoms with Gasteiger partial charge in [-0.15, -0.1) is 0 Å². The summed E-state index contributed by atoms with van der Waals surface area (Å²) in [7, 11) is 0. The zero-order chi connectivity index (χ0) is 27.0. The molecule has 1 saturated heterocycles. The van der Waals surface area contributed by atoms with Gasteiger partial charge in [-0.2, -0.15) is 0 Å². The average Bonchev–Trinajstić information content (AvgIpc) is 2.99. The average molecular weight is 519 g/mol. The van der Waals surface area contributed by atoms with E-state index in [4.69, 9.17) is 0 Å². The molecular formula is C33H34N4O2. The molecular weight excluding hydrogens is 484 g/mol. The molecule has 0 saturated carbocycles. The third-order valence-corrected chi connectivity index (χ3v) is 7.14. The quantitative estimate of drug-likeness (QED) is 0.319. The van der Waals surface area contributed by atoms with E-state index >= 15 is 0 Å². The van der Waals surface area contributed by atoms with Gasteiger partial charge in [0.2, 0.25) is 5.91 Å². The number of nitrogens with zero attached hydrogens (tertiary/aromatic N) is 2. The lowest BCUT2D eigenvalue weighted by molar-refractivity contribution is -0.126. The molecule has 6 heteroatoms. The van der Waals surface area contributed by atoms with Crippen molar-refractivity contribution in [2.45, 2.75) is 13.0 Å². The Labute approximate surface area is 230 Å². The van der Waals surface area contributed by atoms with Crippen LogP contribution in [0.25, 0.3) is 11.1 Å². The van der Waals surface area contributed by atoms with Gasteiger partial charge < -0.3 is 15.5 Å². The van der Waals surface area contributed by atoms with Gasteiger partial charge in [-0.3, -0.25) is 14.5 Å². The monoisotopic (exact) mass is 518 g/mol. The Hall–Kier alpha value is -4.42. The number of carbonyl (C=O) groups is 2. The van der Waals surface area contributed by atoms with E-state index in [2.05, 4.69) is 20.4 Å². The maximum atomic E-state index is 13.2. The fourth-order valence-electron chi connectivity index (χ4n) is 5.18. The van der Waals surface area contributed by atoms with Crippen LogP contribution in [0.1, 0.15) is 28.9 Å². The summed E-state index contributed by atoms with van der Waals surface area (Å²) in [5, 5.41) is 6.05. The van der Waals surface area contributed by atoms with E-state index in [-0.39, 0.29) is 17.9 Å². The molecule has 0 spiro atoms. The minimum absolute atomic E-state index is 0.0473. The van der Waals surface area contributed by atoms with Gasteiger partial charge in [0.1, 0.15) is 6.04 Å². The topological polar surface area (TPSA) is 64.7 Å². The number of amides is 2. The van der Waals surface area contributed by atoms with E-state index in [1.165, 1.54) is 0 Å². The van der Waals surface area contributed by atoms with E-state index in [9.17, 15) is 9.59 Å². The molecule has 39 heavy (non-hydrogen) atoms. The van der Waals surface area contributed by atoms with E-state index in [1.807, 2.05) is 116 Å². The molecule has 1 aliphatic heterocycles. The Bertz CT molecular complexity index is 1380. The highest BCUT2D eigenvalue weighted by atomic mass is 16.2. The van der Waals surface area contributed by atoms with Crippen molar-refractivity contribution in [3.05, 3.63) is 120 Å². The molecule has 0 radical (unpaired) electrons. The van der Waals surface area contributed by atoms with Crippen molar-refractivity contribution in [3.8, 4) is 11.1 Å². The first-order valence-electron chi connectivity index (χ1n) is 13.5. The summed E-state index contributed by atoms with van der Waals surface area (Å²) < 4.78 is 0. The summed E-state index contributed by atoms with van der Waals surface area (Å²) in [6.45, 7) is 5.77. The van der Waals surface area contributed by atoms with Gasteiger partial charge in [-0.05, 0) is 53.9 Å². The van der Waals surface area contributed by atoms with Crippen molar-refractivity contribution in [1.29, 1.82) is 0 Å². The number of carbonyl (C=O) groups excluding carboxylic acids is 2. The van der Waals surface area contributed by atoms with E-state index in [1.54, 1.807) is 0 Å². The van der Waals surface area contributed by atoms with Gasteiger partial charge in [-0.1, -0.05) is 78.9 Å². The predicted molar refractivity (Wildman–Crippen MR) is 158 cm³/mol. The minimum atomic E-state index is -0.287. The van der Waals surface area contributed by atoms with E-state index in [0.717, 1.165) is 54.2 Å². The molecule has 1 heterocycles. The molecule has 1 atom stereocenters. The first kappa shape index (κ1) is 26.2. The van der Waals surface area contributed by atoms with Crippen LogP contribution in [-0.4, -0.2) is 49.4 Å². The number of rotatable bonds is 8. The maximum absolute atomic E-state index is 13.2. The number of piperazine rings is 1. The molecule has 198 valence electrons. The first-order valence-corrected chi connectivity index (χ1v) is 13.5. The third kappa shape index (κ3) is 6.19. The van der Waals surface area contributed by atoms with Gasteiger partial charge in [0.05, 0.1) is 0 Å². The summed E-state index contributed by atoms with van der Waals surface area (Å²) in [4.78, 5) is 30.7. The Balaban J connectivity index is 1.23. The Morgan fingerprint density at radius 3 is 2.03 bits per heavy atom. The highest BCUT2D eigenvalue weighted by Crippen LogP contribution is 2.27. The van der Waals surface area contributed by atoms with Crippen LogP contribution in [-0.2, 0) is 4.79 Å². The minimum Gasteiger partial charge on any atom is -0.369 e. The summed E-state index contributed by atoms with van der Waals surface area (Å²) in [6.07, 6.45) is 0. The summed E-state index contributed by atoms with van der Waals surface area (Å²) in [5.41, 5.74) is 5.44. The van der Waals surface area contributed by atoms with Crippen molar-refractivity contribution in [2.75, 3.05) is 42.9 Å². The molecule has 2 amide bonds. The SMILES string of the molecule is CCNC(=O)C(c1ccccc1)N1CCN(c2ccc(NC(=O)c3ccccc3-c3ccccc3)cc2)CC1. The van der Waals surface area contributed by atoms with Crippen molar-refractivity contribution in [1.82, 2.24) is 10.2 Å². The van der Waals surface area contributed by atoms with Crippen LogP contribution in [0, 0.1) is 0 Å². The third-order valence-electron chi connectivity index (χ3n) is 7.14. The molecule has 1 unspecified atom stereocenters. The van der Waals surface area contributed by atoms with Crippen LogP contribution in [0.5, 0.6) is 0 Å². The van der Waals surface area contributed by atoms with Gasteiger partial charge in [-0.25, -0.2) is 0 Å². The van der Waals surface area contributed by atoms with Crippen molar-refractivity contribution < 1.29 is 9.59 Å². The summed E-state index contributed by atoms with van der Waals surface area (Å²) in [6, 6.07) is 35.3. The lowest BCUT2D eigenvalue weighted by Crippen LogP contribution is -2.51. The van der Waals surface area contributed by atoms with Crippen LogP contribution in [0.15, 0.2) is 109 Å². The summed E-state index contributed by atoms with van der Waals surface area (Å²) in [5.74, 6) is -0.0841. The van der Waals surface area contributed by atoms with Gasteiger partial charge in [0.25, 0.3) is 5.91 Å². The highest BCUT2D eigenvalue weighted by Gasteiger charge is 2.30. The molecule has 0 aliphatic carbocycles. The second-order valence-electron chi connectivity index (χ2n) is 9.64. The van der Waals surface area contributed by atoms with Gasteiger partial charge >= 0.3 is 0 Å². The number of nitrogens with one attached hydrogen (secondary N) is 2. The largest absolute Gasteiger partial charge is 0.369 e. The maximum Gasteiger partial charge on any atom is 0.256 e. The lowest BCUT2D eigenvalue weighted by Gasteiger charge is -2.39. The molecule has 5 rings (SSSR count). The fourth-order valence-corrected chi connectivity index (χ4v) is 5.18. The van der Waals surface area contributed by atoms with Crippen LogP contribution in [0.4, 0.5) is 11.4 Å². The highest BCUT2D eigenvalue weighted by molar-refractivity contribution is 6.08. The van der Waals surface area contributed by atoms with Crippen LogP contribution < -0.4 is 15.5 Å². The van der Waals surface area contributed by atoms with Gasteiger partial charge in [0, 0.05) is 49.7 Å². The molecule has 0 aromatic heterocycles. The Morgan fingerprint density at radius 2 is 1.36 bits per heavy atom. The van der Waals surface area contributed by atoms with Gasteiger partial charge in [0.15, 0.2) is 0 Å². The van der Waals surface area contributed by atoms with Crippen LogP contribution >= 0.6 is 0 Å². The zero-order valence-corrected chi connectivity index (χ0v) is 22.2. The predicted octanol–water partition coefficient (Wildman–Crippen LogP) is 5.61. The molecule has 4 aromatic carbocycles. The molecule has 2 N–H and O–H groups in total. The van der Waals surface area contributed by atoms with E-state index < -0.39 is 0 Å². The van der Waals surface area contributed by atoms with Crippen LogP contribution in [0.2, 0.25) is 0 Å². The van der Waals surface area contributed by atoms with Crippen molar-refractivity contribution >= 4 is 23.2 Å². The molecule has 0 bridgehead atoms. The molecule has 1 aliphatic rings.